The Morgan fingerprint density at radius 3 is 2.27 bits per heavy atom. The van der Waals surface area contributed by atoms with Crippen molar-refractivity contribution < 1.29 is 13.2 Å². The van der Waals surface area contributed by atoms with Gasteiger partial charge in [0.2, 0.25) is 0 Å². The van der Waals surface area contributed by atoms with Crippen LogP contribution in [0.3, 0.4) is 0 Å². The lowest BCUT2D eigenvalue weighted by molar-refractivity contribution is 0.244. The van der Waals surface area contributed by atoms with Crippen LogP contribution >= 0.6 is 11.8 Å². The molecule has 0 spiro atoms. The number of ether oxygens (including phenoxy) is 1. The van der Waals surface area contributed by atoms with Crippen molar-refractivity contribution in [3.05, 3.63) is 48.5 Å². The van der Waals surface area contributed by atoms with Gasteiger partial charge in [-0.25, -0.2) is 8.42 Å². The molecular weight excluding hydrogens is 318 g/mol. The summed E-state index contributed by atoms with van der Waals surface area (Å²) in [6.07, 6.45) is 1.91. The van der Waals surface area contributed by atoms with Gasteiger partial charge in [-0.2, -0.15) is 0 Å². The van der Waals surface area contributed by atoms with E-state index in [0.717, 1.165) is 4.90 Å². The Kier molecular flexibility index (Phi) is 5.37. The minimum Gasteiger partial charge on any atom is -0.489 e. The molecular formula is C16H19NO3S2. The van der Waals surface area contributed by atoms with Crippen molar-refractivity contribution in [2.75, 3.05) is 11.0 Å². The molecule has 0 heterocycles. The number of para-hydroxylation sites is 2. The molecule has 0 aliphatic rings. The lowest BCUT2D eigenvalue weighted by Gasteiger charge is -2.15. The highest BCUT2D eigenvalue weighted by Gasteiger charge is 2.16. The van der Waals surface area contributed by atoms with E-state index in [2.05, 4.69) is 4.72 Å². The molecule has 0 unspecified atom stereocenters. The van der Waals surface area contributed by atoms with Gasteiger partial charge in [0.25, 0.3) is 10.0 Å². The first kappa shape index (κ1) is 16.7. The summed E-state index contributed by atoms with van der Waals surface area (Å²) < 4.78 is 33.2. The Morgan fingerprint density at radius 2 is 1.68 bits per heavy atom. The summed E-state index contributed by atoms with van der Waals surface area (Å²) in [4.78, 5) is 1.24. The molecule has 0 aliphatic heterocycles. The summed E-state index contributed by atoms with van der Waals surface area (Å²) in [5.41, 5.74) is 0.435. The van der Waals surface area contributed by atoms with Gasteiger partial charge in [-0.05, 0) is 56.5 Å². The molecule has 0 fully saturated rings. The van der Waals surface area contributed by atoms with E-state index in [1.165, 1.54) is 0 Å². The maximum atomic E-state index is 12.5. The minimum absolute atomic E-state index is 0.0356. The Bertz CT molecular complexity index is 725. The number of nitrogens with one attached hydrogen (secondary N) is 1. The Balaban J connectivity index is 2.28. The molecule has 2 aromatic carbocycles. The van der Waals surface area contributed by atoms with E-state index in [1.54, 1.807) is 54.2 Å². The molecule has 0 bridgehead atoms. The van der Waals surface area contributed by atoms with E-state index < -0.39 is 10.0 Å². The smallest absolute Gasteiger partial charge is 0.262 e. The summed E-state index contributed by atoms with van der Waals surface area (Å²) in [5.74, 6) is 0.516. The van der Waals surface area contributed by atoms with E-state index in [1.807, 2.05) is 26.2 Å². The van der Waals surface area contributed by atoms with Gasteiger partial charge in [0.15, 0.2) is 0 Å². The molecule has 0 aliphatic carbocycles. The molecule has 2 aromatic rings. The Hall–Kier alpha value is -1.66. The summed E-state index contributed by atoms with van der Waals surface area (Å²) in [6.45, 7) is 3.79. The van der Waals surface area contributed by atoms with Crippen molar-refractivity contribution in [2.45, 2.75) is 29.7 Å². The van der Waals surface area contributed by atoms with Gasteiger partial charge >= 0.3 is 0 Å². The van der Waals surface area contributed by atoms with Gasteiger partial charge in [-0.15, -0.1) is 11.8 Å². The zero-order valence-electron chi connectivity index (χ0n) is 12.7. The predicted octanol–water partition coefficient (Wildman–Crippen LogP) is 4.00. The van der Waals surface area contributed by atoms with Gasteiger partial charge in [-0.1, -0.05) is 12.1 Å². The normalized spacial score (nSPS) is 11.5. The van der Waals surface area contributed by atoms with E-state index in [0.29, 0.717) is 11.4 Å². The molecule has 118 valence electrons. The fourth-order valence-corrected chi connectivity index (χ4v) is 3.34. The Morgan fingerprint density at radius 1 is 1.05 bits per heavy atom. The molecule has 22 heavy (non-hydrogen) atoms. The summed E-state index contributed by atoms with van der Waals surface area (Å²) in [5, 5.41) is 0. The zero-order chi connectivity index (χ0) is 16.2. The number of anilines is 1. The lowest BCUT2D eigenvalue weighted by Crippen LogP contribution is -2.15. The van der Waals surface area contributed by atoms with Gasteiger partial charge in [-0.3, -0.25) is 4.72 Å². The number of hydrogen-bond acceptors (Lipinski definition) is 4. The van der Waals surface area contributed by atoms with Crippen LogP contribution in [0.4, 0.5) is 5.69 Å². The quantitative estimate of drug-likeness (QED) is 0.810. The molecule has 6 heteroatoms. The molecule has 0 amide bonds. The number of rotatable bonds is 6. The van der Waals surface area contributed by atoms with Crippen molar-refractivity contribution in [2.24, 2.45) is 0 Å². The molecule has 0 atom stereocenters. The highest BCUT2D eigenvalue weighted by molar-refractivity contribution is 7.98. The second-order valence-corrected chi connectivity index (χ2v) is 7.51. The van der Waals surface area contributed by atoms with E-state index in [9.17, 15) is 8.42 Å². The fourth-order valence-electron chi connectivity index (χ4n) is 1.87. The average molecular weight is 337 g/mol. The monoisotopic (exact) mass is 337 g/mol. The second-order valence-electron chi connectivity index (χ2n) is 4.94. The van der Waals surface area contributed by atoms with Crippen molar-refractivity contribution in [3.63, 3.8) is 0 Å². The SMILES string of the molecule is CSc1ccc(S(=O)(=O)Nc2ccccc2OC(C)C)cc1. The standard InChI is InChI=1S/C16H19NO3S2/c1-12(2)20-16-7-5-4-6-15(16)17-22(18,19)14-10-8-13(21-3)9-11-14/h4-12,17H,1-3H3. The maximum absolute atomic E-state index is 12.5. The van der Waals surface area contributed by atoms with Crippen LogP contribution in [-0.2, 0) is 10.0 Å². The maximum Gasteiger partial charge on any atom is 0.262 e. The van der Waals surface area contributed by atoms with Crippen LogP contribution < -0.4 is 9.46 Å². The third-order valence-corrected chi connectivity index (χ3v) is 4.99. The van der Waals surface area contributed by atoms with Crippen LogP contribution in [0.25, 0.3) is 0 Å². The van der Waals surface area contributed by atoms with Crippen molar-refractivity contribution in [3.8, 4) is 5.75 Å². The van der Waals surface area contributed by atoms with Crippen molar-refractivity contribution >= 4 is 27.5 Å². The summed E-state index contributed by atoms with van der Waals surface area (Å²) >= 11 is 1.57. The molecule has 4 nitrogen and oxygen atoms in total. The van der Waals surface area contributed by atoms with Gasteiger partial charge in [0.05, 0.1) is 16.7 Å². The largest absolute Gasteiger partial charge is 0.489 e. The topological polar surface area (TPSA) is 55.4 Å². The lowest BCUT2D eigenvalue weighted by atomic mass is 10.3. The first-order valence-corrected chi connectivity index (χ1v) is 9.56. The highest BCUT2D eigenvalue weighted by atomic mass is 32.2. The second kappa shape index (κ2) is 7.07. The predicted molar refractivity (Wildman–Crippen MR) is 91.2 cm³/mol. The number of sulfonamides is 1. The number of benzene rings is 2. The van der Waals surface area contributed by atoms with Gasteiger partial charge in [0, 0.05) is 4.90 Å². The fraction of sp³-hybridized carbons (Fsp3) is 0.250. The first-order chi connectivity index (χ1) is 10.4. The molecule has 0 saturated heterocycles. The van der Waals surface area contributed by atoms with Crippen LogP contribution in [0.15, 0.2) is 58.3 Å². The van der Waals surface area contributed by atoms with Gasteiger partial charge < -0.3 is 4.74 Å². The third-order valence-electron chi connectivity index (χ3n) is 2.86. The zero-order valence-corrected chi connectivity index (χ0v) is 14.4. The van der Waals surface area contributed by atoms with Crippen LogP contribution in [0.5, 0.6) is 5.75 Å². The number of hydrogen-bond donors (Lipinski definition) is 1. The molecule has 2 rings (SSSR count). The minimum atomic E-state index is -3.64. The van der Waals surface area contributed by atoms with Crippen molar-refractivity contribution in [1.82, 2.24) is 0 Å². The van der Waals surface area contributed by atoms with E-state index in [4.69, 9.17) is 4.74 Å². The average Bonchev–Trinajstić information content (AvgIpc) is 2.48. The number of thioether (sulfide) groups is 1. The molecule has 0 aromatic heterocycles. The van der Waals surface area contributed by atoms with Crippen molar-refractivity contribution in [1.29, 1.82) is 0 Å². The summed E-state index contributed by atoms with van der Waals surface area (Å²) in [7, 11) is -3.64. The third kappa shape index (κ3) is 4.18. The van der Waals surface area contributed by atoms with Gasteiger partial charge in [0.1, 0.15) is 5.75 Å². The Labute approximate surface area is 135 Å². The summed E-state index contributed by atoms with van der Waals surface area (Å²) in [6, 6.07) is 13.8. The van der Waals surface area contributed by atoms with Crippen LogP contribution in [0.2, 0.25) is 0 Å². The molecule has 0 saturated carbocycles. The first-order valence-electron chi connectivity index (χ1n) is 6.85. The molecule has 0 radical (unpaired) electrons. The van der Waals surface area contributed by atoms with Crippen LogP contribution in [0.1, 0.15) is 13.8 Å². The highest BCUT2D eigenvalue weighted by Crippen LogP contribution is 2.28. The van der Waals surface area contributed by atoms with E-state index >= 15 is 0 Å². The van der Waals surface area contributed by atoms with Crippen LogP contribution in [0, 0.1) is 0 Å². The molecule has 1 N–H and O–H groups in total. The van der Waals surface area contributed by atoms with Crippen LogP contribution in [-0.4, -0.2) is 20.8 Å². The van der Waals surface area contributed by atoms with E-state index in [-0.39, 0.29) is 11.0 Å².